The number of hydrogen-bond donors (Lipinski definition) is 2. The number of nitrogens with one attached hydrogen (secondary N) is 2. The largest absolute Gasteiger partial charge is 0.459 e. The van der Waals surface area contributed by atoms with Crippen LogP contribution >= 0.6 is 0 Å². The Kier molecular flexibility index (Phi) is 5.55. The summed E-state index contributed by atoms with van der Waals surface area (Å²) in [6, 6.07) is 20.2. The standard InChI is InChI=1S/C29H30N2O4/c1-18-14-20-15-21(17-30-27(33)35-28(2,3)4)34-25(20)16-23(18)26(32)31-29(12-13-29)24-11-7-9-19-8-5-6-10-22(19)24/h5-11,14-16H,12-13,17H2,1-4H3,(H,30,33)(H,31,32). The first-order valence-electron chi connectivity index (χ1n) is 11.9. The van der Waals surface area contributed by atoms with Crippen LogP contribution < -0.4 is 10.6 Å². The lowest BCUT2D eigenvalue weighted by atomic mass is 9.96. The van der Waals surface area contributed by atoms with Gasteiger partial charge in [0.05, 0.1) is 12.1 Å². The number of rotatable bonds is 5. The number of hydrogen-bond acceptors (Lipinski definition) is 4. The molecule has 0 unspecified atom stereocenters. The van der Waals surface area contributed by atoms with Gasteiger partial charge in [-0.15, -0.1) is 0 Å². The molecule has 0 atom stereocenters. The van der Waals surface area contributed by atoms with Crippen molar-refractivity contribution in [1.82, 2.24) is 10.6 Å². The van der Waals surface area contributed by atoms with Crippen molar-refractivity contribution in [3.8, 4) is 0 Å². The maximum atomic E-state index is 13.4. The maximum Gasteiger partial charge on any atom is 0.408 e. The molecule has 1 aliphatic carbocycles. The zero-order valence-electron chi connectivity index (χ0n) is 20.5. The third-order valence-corrected chi connectivity index (χ3v) is 6.37. The molecule has 6 nitrogen and oxygen atoms in total. The summed E-state index contributed by atoms with van der Waals surface area (Å²) in [4.78, 5) is 25.4. The number of furan rings is 1. The van der Waals surface area contributed by atoms with Crippen molar-refractivity contribution >= 4 is 33.7 Å². The van der Waals surface area contributed by atoms with Gasteiger partial charge >= 0.3 is 6.09 Å². The van der Waals surface area contributed by atoms with Gasteiger partial charge in [0.25, 0.3) is 5.91 Å². The minimum absolute atomic E-state index is 0.111. The number of benzene rings is 3. The van der Waals surface area contributed by atoms with E-state index in [1.165, 1.54) is 10.8 Å². The summed E-state index contributed by atoms with van der Waals surface area (Å²) in [5.74, 6) is 0.483. The molecule has 0 aliphatic heterocycles. The fraction of sp³-hybridized carbons (Fsp3) is 0.310. The van der Waals surface area contributed by atoms with Crippen LogP contribution in [0.4, 0.5) is 4.79 Å². The molecule has 4 aromatic rings. The number of fused-ring (bicyclic) bond motifs is 2. The van der Waals surface area contributed by atoms with Crippen LogP contribution in [0.15, 0.2) is 65.1 Å². The zero-order valence-corrected chi connectivity index (χ0v) is 20.5. The Morgan fingerprint density at radius 3 is 2.49 bits per heavy atom. The summed E-state index contributed by atoms with van der Waals surface area (Å²) in [5, 5.41) is 9.25. The second kappa shape index (κ2) is 8.45. The van der Waals surface area contributed by atoms with Crippen LogP contribution in [0.3, 0.4) is 0 Å². The molecular formula is C29H30N2O4. The van der Waals surface area contributed by atoms with E-state index in [1.54, 1.807) is 6.07 Å². The number of ether oxygens (including phenoxy) is 1. The number of amides is 2. The minimum Gasteiger partial charge on any atom is -0.459 e. The average Bonchev–Trinajstić information content (AvgIpc) is 3.46. The van der Waals surface area contributed by atoms with Gasteiger partial charge in [-0.2, -0.15) is 0 Å². The molecule has 2 amide bonds. The lowest BCUT2D eigenvalue weighted by molar-refractivity contribution is 0.0520. The average molecular weight is 471 g/mol. The van der Waals surface area contributed by atoms with E-state index >= 15 is 0 Å². The van der Waals surface area contributed by atoms with Crippen LogP contribution in [-0.2, 0) is 16.8 Å². The highest BCUT2D eigenvalue weighted by molar-refractivity contribution is 6.00. The van der Waals surface area contributed by atoms with E-state index in [0.29, 0.717) is 16.9 Å². The van der Waals surface area contributed by atoms with E-state index in [2.05, 4.69) is 41.0 Å². The Morgan fingerprint density at radius 1 is 1.00 bits per heavy atom. The molecule has 1 aromatic heterocycles. The van der Waals surface area contributed by atoms with Crippen LogP contribution in [0, 0.1) is 6.92 Å². The van der Waals surface area contributed by atoms with Crippen LogP contribution in [0.2, 0.25) is 0 Å². The summed E-state index contributed by atoms with van der Waals surface area (Å²) in [5.41, 5.74) is 2.32. The smallest absolute Gasteiger partial charge is 0.408 e. The molecule has 0 radical (unpaired) electrons. The Labute approximate surface area is 204 Å². The second-order valence-corrected chi connectivity index (χ2v) is 10.3. The molecule has 5 rings (SSSR count). The molecular weight excluding hydrogens is 440 g/mol. The molecule has 0 saturated heterocycles. The van der Waals surface area contributed by atoms with E-state index in [-0.39, 0.29) is 18.0 Å². The molecule has 0 bridgehead atoms. The first-order valence-corrected chi connectivity index (χ1v) is 11.9. The predicted molar refractivity (Wildman–Crippen MR) is 136 cm³/mol. The van der Waals surface area contributed by atoms with Gasteiger partial charge in [0.15, 0.2) is 0 Å². The van der Waals surface area contributed by atoms with Crippen LogP contribution in [0.25, 0.3) is 21.7 Å². The third-order valence-electron chi connectivity index (χ3n) is 6.37. The predicted octanol–water partition coefficient (Wildman–Crippen LogP) is 6.34. The van der Waals surface area contributed by atoms with Gasteiger partial charge < -0.3 is 19.8 Å². The molecule has 2 N–H and O–H groups in total. The molecule has 1 heterocycles. The van der Waals surface area contributed by atoms with E-state index in [0.717, 1.165) is 29.4 Å². The molecule has 1 fully saturated rings. The SMILES string of the molecule is Cc1cc2cc(CNC(=O)OC(C)(C)C)oc2cc1C(=O)NC1(c2cccc3ccccc23)CC1. The van der Waals surface area contributed by atoms with E-state index in [9.17, 15) is 9.59 Å². The first kappa shape index (κ1) is 23.0. The molecule has 3 aromatic carbocycles. The Balaban J connectivity index is 1.35. The number of carbonyl (C=O) groups excluding carboxylic acids is 2. The van der Waals surface area contributed by atoms with Crippen molar-refractivity contribution in [2.75, 3.05) is 0 Å². The van der Waals surface area contributed by atoms with Crippen molar-refractivity contribution in [3.63, 3.8) is 0 Å². The molecule has 1 aliphatic rings. The van der Waals surface area contributed by atoms with Gasteiger partial charge in [0, 0.05) is 10.9 Å². The minimum atomic E-state index is -0.567. The van der Waals surface area contributed by atoms with Crippen molar-refractivity contribution in [3.05, 3.63) is 83.1 Å². The Bertz CT molecular complexity index is 1440. The van der Waals surface area contributed by atoms with Crippen LogP contribution in [0.1, 0.15) is 60.9 Å². The van der Waals surface area contributed by atoms with Gasteiger partial charge in [-0.25, -0.2) is 4.79 Å². The molecule has 1 saturated carbocycles. The summed E-state index contributed by atoms with van der Waals surface area (Å²) >= 11 is 0. The lowest BCUT2D eigenvalue weighted by Crippen LogP contribution is -2.35. The van der Waals surface area contributed by atoms with Crippen LogP contribution in [-0.4, -0.2) is 17.6 Å². The van der Waals surface area contributed by atoms with Gasteiger partial charge in [-0.3, -0.25) is 4.79 Å². The van der Waals surface area contributed by atoms with Gasteiger partial charge in [-0.1, -0.05) is 42.5 Å². The Hall–Kier alpha value is -3.80. The summed E-state index contributed by atoms with van der Waals surface area (Å²) in [7, 11) is 0. The van der Waals surface area contributed by atoms with E-state index in [4.69, 9.17) is 9.15 Å². The normalized spacial score (nSPS) is 14.6. The quantitative estimate of drug-likeness (QED) is 0.357. The Morgan fingerprint density at radius 2 is 1.74 bits per heavy atom. The number of alkyl carbamates (subject to hydrolysis) is 1. The fourth-order valence-electron chi connectivity index (χ4n) is 4.57. The highest BCUT2D eigenvalue weighted by atomic mass is 16.6. The first-order chi connectivity index (χ1) is 16.6. The second-order valence-electron chi connectivity index (χ2n) is 10.3. The monoisotopic (exact) mass is 470 g/mol. The molecule has 35 heavy (non-hydrogen) atoms. The molecule has 180 valence electrons. The molecule has 6 heteroatoms. The summed E-state index contributed by atoms with van der Waals surface area (Å²) in [6.07, 6.45) is 1.32. The third kappa shape index (κ3) is 4.74. The number of carbonyl (C=O) groups is 2. The fourth-order valence-corrected chi connectivity index (χ4v) is 4.57. The highest BCUT2D eigenvalue weighted by Crippen LogP contribution is 2.48. The van der Waals surface area contributed by atoms with Crippen molar-refractivity contribution in [2.24, 2.45) is 0 Å². The van der Waals surface area contributed by atoms with Crippen molar-refractivity contribution < 1.29 is 18.7 Å². The van der Waals surface area contributed by atoms with Gasteiger partial charge in [0.1, 0.15) is 16.9 Å². The zero-order chi connectivity index (χ0) is 24.8. The van der Waals surface area contributed by atoms with Gasteiger partial charge in [0.2, 0.25) is 0 Å². The van der Waals surface area contributed by atoms with E-state index < -0.39 is 11.7 Å². The van der Waals surface area contributed by atoms with Crippen molar-refractivity contribution in [1.29, 1.82) is 0 Å². The maximum absolute atomic E-state index is 13.4. The number of aryl methyl sites for hydroxylation is 1. The van der Waals surface area contributed by atoms with E-state index in [1.807, 2.05) is 52.0 Å². The van der Waals surface area contributed by atoms with Crippen LogP contribution in [0.5, 0.6) is 0 Å². The molecule has 0 spiro atoms. The summed E-state index contributed by atoms with van der Waals surface area (Å²) in [6.45, 7) is 7.57. The highest BCUT2D eigenvalue weighted by Gasteiger charge is 2.46. The summed E-state index contributed by atoms with van der Waals surface area (Å²) < 4.78 is 11.2. The van der Waals surface area contributed by atoms with Gasteiger partial charge in [-0.05, 0) is 80.6 Å². The van der Waals surface area contributed by atoms with Crippen molar-refractivity contribution in [2.45, 2.75) is 58.2 Å². The lowest BCUT2D eigenvalue weighted by Gasteiger charge is -2.20. The topological polar surface area (TPSA) is 80.6 Å².